The van der Waals surface area contributed by atoms with Crippen LogP contribution in [0.5, 0.6) is 0 Å². The molecule has 1 fully saturated rings. The van der Waals surface area contributed by atoms with E-state index in [4.69, 9.17) is 19.3 Å². The second-order valence-corrected chi connectivity index (χ2v) is 8.23. The lowest BCUT2D eigenvalue weighted by Crippen LogP contribution is -2.45. The molecule has 1 saturated heterocycles. The molecule has 12 nitrogen and oxygen atoms in total. The maximum atomic E-state index is 10.9. The number of nitriles is 1. The molecule has 0 saturated carbocycles. The van der Waals surface area contributed by atoms with Crippen LogP contribution < -0.4 is 0 Å². The lowest BCUT2D eigenvalue weighted by molar-refractivity contribution is -0.232. The van der Waals surface area contributed by atoms with Crippen molar-refractivity contribution in [2.24, 2.45) is 10.9 Å². The van der Waals surface area contributed by atoms with Gasteiger partial charge in [-0.25, -0.2) is 19.3 Å². The maximum Gasteiger partial charge on any atom is 0.505 e. The summed E-state index contributed by atoms with van der Waals surface area (Å²) in [4.78, 5) is 21.2. The highest BCUT2D eigenvalue weighted by Gasteiger charge is 2.59. The Bertz CT molecular complexity index is 1060. The number of aromatic nitrogens is 3. The normalized spacial score (nSPS) is 25.8. The fourth-order valence-corrected chi connectivity index (χ4v) is 3.64. The van der Waals surface area contributed by atoms with Gasteiger partial charge in [-0.2, -0.15) is 10.4 Å². The van der Waals surface area contributed by atoms with Gasteiger partial charge in [0.15, 0.2) is 11.6 Å². The van der Waals surface area contributed by atoms with Crippen LogP contribution in [0.25, 0.3) is 5.52 Å². The number of rotatable bonds is 7. The highest BCUT2D eigenvalue weighted by atomic mass is 16.7. The summed E-state index contributed by atoms with van der Waals surface area (Å²) < 4.78 is 18.1. The molecule has 3 rings (SSSR count). The van der Waals surface area contributed by atoms with Crippen LogP contribution in [0.15, 0.2) is 23.5 Å². The molecule has 0 aromatic carbocycles. The van der Waals surface area contributed by atoms with E-state index in [-0.39, 0.29) is 6.61 Å². The van der Waals surface area contributed by atoms with Gasteiger partial charge in [-0.15, -0.1) is 0 Å². The van der Waals surface area contributed by atoms with E-state index < -0.39 is 35.7 Å². The average molecular weight is 446 g/mol. The van der Waals surface area contributed by atoms with Crippen molar-refractivity contribution in [1.82, 2.24) is 19.5 Å². The van der Waals surface area contributed by atoms with E-state index in [2.05, 4.69) is 21.1 Å². The van der Waals surface area contributed by atoms with Crippen LogP contribution in [-0.4, -0.2) is 80.9 Å². The maximum absolute atomic E-state index is 10.9. The molecule has 0 aliphatic carbocycles. The van der Waals surface area contributed by atoms with Crippen LogP contribution in [0.4, 0.5) is 10.6 Å². The number of aliphatic imine (C=N–C) groups is 1. The van der Waals surface area contributed by atoms with E-state index in [1.165, 1.54) is 24.7 Å². The number of aliphatic hydroxyl groups is 1. The summed E-state index contributed by atoms with van der Waals surface area (Å²) in [6.07, 6.45) is -0.324. The van der Waals surface area contributed by atoms with Gasteiger partial charge in [0.2, 0.25) is 5.60 Å². The van der Waals surface area contributed by atoms with Crippen molar-refractivity contribution in [2.75, 3.05) is 20.7 Å². The molecule has 4 atom stereocenters. The zero-order valence-electron chi connectivity index (χ0n) is 18.5. The van der Waals surface area contributed by atoms with Crippen molar-refractivity contribution in [3.63, 3.8) is 0 Å². The minimum Gasteiger partial charge on any atom is -0.450 e. The van der Waals surface area contributed by atoms with Gasteiger partial charge in [0, 0.05) is 20.0 Å². The standard InChI is InChI=1S/C20H26N6O6/c1-12-14(8-30-18(27)28)31-20(9-21,16(12)32-19(2,3)29)15-7-6-13-17(23-11-25(4)5)22-10-24-26(13)15/h6-7,10-12,14,16,29H,8H2,1-5H3,(H,27,28)/b23-11-/t12-,14-,16-,20+/m1/s1. The molecule has 1 aliphatic rings. The topological polar surface area (TPSA) is 155 Å². The smallest absolute Gasteiger partial charge is 0.450 e. The van der Waals surface area contributed by atoms with E-state index in [9.17, 15) is 15.2 Å². The Morgan fingerprint density at radius 2 is 2.22 bits per heavy atom. The number of carboxylic acid groups (broad SMARTS) is 1. The quantitative estimate of drug-likeness (QED) is 0.277. The lowest BCUT2D eigenvalue weighted by atomic mass is 9.87. The van der Waals surface area contributed by atoms with E-state index in [1.807, 2.05) is 14.1 Å². The van der Waals surface area contributed by atoms with Crippen LogP contribution >= 0.6 is 0 Å². The molecule has 2 N–H and O–H groups in total. The first kappa shape index (κ1) is 23.4. The summed E-state index contributed by atoms with van der Waals surface area (Å²) in [5.74, 6) is -1.71. The van der Waals surface area contributed by atoms with Crippen molar-refractivity contribution >= 4 is 23.8 Å². The molecule has 3 heterocycles. The van der Waals surface area contributed by atoms with Crippen molar-refractivity contribution in [1.29, 1.82) is 5.26 Å². The minimum atomic E-state index is -1.71. The number of hydrogen-bond donors (Lipinski definition) is 2. The van der Waals surface area contributed by atoms with Gasteiger partial charge in [0.05, 0.1) is 18.1 Å². The fourth-order valence-electron chi connectivity index (χ4n) is 3.64. The fraction of sp³-hybridized carbons (Fsp3) is 0.550. The molecule has 12 heteroatoms. The summed E-state index contributed by atoms with van der Waals surface area (Å²) in [5.41, 5.74) is -0.855. The number of nitrogens with zero attached hydrogens (tertiary/aromatic N) is 6. The number of fused-ring (bicyclic) bond motifs is 1. The Morgan fingerprint density at radius 1 is 1.50 bits per heavy atom. The molecular formula is C20H26N6O6. The molecular weight excluding hydrogens is 420 g/mol. The van der Waals surface area contributed by atoms with Crippen LogP contribution in [0.1, 0.15) is 26.5 Å². The van der Waals surface area contributed by atoms with Crippen molar-refractivity contribution < 1.29 is 29.2 Å². The highest BCUT2D eigenvalue weighted by Crippen LogP contribution is 2.46. The van der Waals surface area contributed by atoms with Gasteiger partial charge in [0.25, 0.3) is 0 Å². The zero-order valence-corrected chi connectivity index (χ0v) is 18.5. The first-order valence-corrected chi connectivity index (χ1v) is 9.87. The molecule has 172 valence electrons. The Labute approximate surface area is 184 Å². The van der Waals surface area contributed by atoms with Gasteiger partial charge in [-0.3, -0.25) is 0 Å². The van der Waals surface area contributed by atoms with Crippen LogP contribution in [0.2, 0.25) is 0 Å². The molecule has 0 bridgehead atoms. The van der Waals surface area contributed by atoms with E-state index >= 15 is 0 Å². The van der Waals surface area contributed by atoms with Gasteiger partial charge in [-0.05, 0) is 26.0 Å². The SMILES string of the molecule is C[C@H]1[C@@H](OC(C)(C)O)[C@](C#N)(c2ccc3c(/N=C\N(C)C)ncnn23)O[C@@H]1COC(=O)O. The number of ether oxygens (including phenoxy) is 3. The van der Waals surface area contributed by atoms with Crippen molar-refractivity contribution in [3.8, 4) is 6.07 Å². The van der Waals surface area contributed by atoms with Gasteiger partial charge < -0.3 is 29.3 Å². The van der Waals surface area contributed by atoms with Crippen LogP contribution in [0.3, 0.4) is 0 Å². The van der Waals surface area contributed by atoms with Crippen LogP contribution in [-0.2, 0) is 19.8 Å². The minimum absolute atomic E-state index is 0.303. The molecule has 0 amide bonds. The number of carbonyl (C=O) groups is 1. The van der Waals surface area contributed by atoms with Gasteiger partial charge in [-0.1, -0.05) is 6.92 Å². The Morgan fingerprint density at radius 3 is 2.81 bits per heavy atom. The lowest BCUT2D eigenvalue weighted by Gasteiger charge is -2.33. The Kier molecular flexibility index (Phi) is 6.36. The first-order chi connectivity index (χ1) is 15.0. The zero-order chi connectivity index (χ0) is 23.7. The van der Waals surface area contributed by atoms with E-state index in [1.54, 1.807) is 30.3 Å². The second-order valence-electron chi connectivity index (χ2n) is 8.23. The molecule has 0 radical (unpaired) electrons. The molecule has 0 unspecified atom stereocenters. The Hall–Kier alpha value is -3.27. The predicted molar refractivity (Wildman–Crippen MR) is 111 cm³/mol. The first-order valence-electron chi connectivity index (χ1n) is 9.87. The molecule has 32 heavy (non-hydrogen) atoms. The highest BCUT2D eigenvalue weighted by molar-refractivity contribution is 5.71. The summed E-state index contributed by atoms with van der Waals surface area (Å²) in [5, 5.41) is 33.8. The average Bonchev–Trinajstić information content (AvgIpc) is 3.25. The third-order valence-corrected chi connectivity index (χ3v) is 4.98. The third kappa shape index (κ3) is 4.50. The predicted octanol–water partition coefficient (Wildman–Crippen LogP) is 1.51. The summed E-state index contributed by atoms with van der Waals surface area (Å²) >= 11 is 0. The molecule has 2 aromatic rings. The molecule has 0 spiro atoms. The van der Waals surface area contributed by atoms with Gasteiger partial charge >= 0.3 is 6.16 Å². The van der Waals surface area contributed by atoms with Crippen molar-refractivity contribution in [2.45, 2.75) is 44.4 Å². The van der Waals surface area contributed by atoms with Crippen molar-refractivity contribution in [3.05, 3.63) is 24.2 Å². The summed E-state index contributed by atoms with van der Waals surface area (Å²) in [6.45, 7) is 4.32. The largest absolute Gasteiger partial charge is 0.505 e. The van der Waals surface area contributed by atoms with Gasteiger partial charge in [0.1, 0.15) is 30.6 Å². The van der Waals surface area contributed by atoms with E-state index in [0.29, 0.717) is 17.0 Å². The monoisotopic (exact) mass is 446 g/mol. The van der Waals surface area contributed by atoms with E-state index in [0.717, 1.165) is 0 Å². The Balaban J connectivity index is 2.12. The molecule has 1 aliphatic heterocycles. The summed E-state index contributed by atoms with van der Waals surface area (Å²) in [6, 6.07) is 5.52. The molecule has 2 aromatic heterocycles. The summed E-state index contributed by atoms with van der Waals surface area (Å²) in [7, 11) is 3.64. The number of hydrogen-bond acceptors (Lipinski definition) is 9. The third-order valence-electron chi connectivity index (χ3n) is 4.98. The van der Waals surface area contributed by atoms with Crippen LogP contribution in [0, 0.1) is 17.2 Å². The second kappa shape index (κ2) is 8.70.